The Morgan fingerprint density at radius 1 is 0.773 bits per heavy atom. The SMILES string of the molecule is C#CCC(=O)OC(=O)CC#C.CC#CC(=O)OC(=O)C#CC. The number of ether oxygens (including phenoxy) is 2. The van der Waals surface area contributed by atoms with E-state index < -0.39 is 23.9 Å². The first-order valence-electron chi connectivity index (χ1n) is 5.62. The molecule has 112 valence electrons. The number of rotatable bonds is 2. The molecule has 0 aromatic heterocycles. The third-order valence-electron chi connectivity index (χ3n) is 1.36. The lowest BCUT2D eigenvalue weighted by Crippen LogP contribution is -2.10. The minimum atomic E-state index is -0.875. The van der Waals surface area contributed by atoms with Gasteiger partial charge in [-0.1, -0.05) is 23.7 Å². The molecule has 0 amide bonds. The van der Waals surface area contributed by atoms with Crippen LogP contribution < -0.4 is 0 Å². The minimum Gasteiger partial charge on any atom is -0.392 e. The van der Waals surface area contributed by atoms with E-state index in [4.69, 9.17) is 12.8 Å². The average Bonchev–Trinajstić information content (AvgIpc) is 2.40. The predicted molar refractivity (Wildman–Crippen MR) is 76.0 cm³/mol. The van der Waals surface area contributed by atoms with Gasteiger partial charge in [0, 0.05) is 11.8 Å². The van der Waals surface area contributed by atoms with Gasteiger partial charge in [-0.25, -0.2) is 9.59 Å². The Morgan fingerprint density at radius 3 is 1.41 bits per heavy atom. The number of terminal acetylenes is 2. The fraction of sp³-hybridized carbons (Fsp3) is 0.250. The zero-order valence-corrected chi connectivity index (χ0v) is 12.0. The molecule has 0 N–H and O–H groups in total. The summed E-state index contributed by atoms with van der Waals surface area (Å²) in [6, 6.07) is 0. The van der Waals surface area contributed by atoms with Crippen LogP contribution in [0.4, 0.5) is 0 Å². The van der Waals surface area contributed by atoms with E-state index in [0.717, 1.165) is 0 Å². The summed E-state index contributed by atoms with van der Waals surface area (Å²) in [5, 5.41) is 0. The first-order chi connectivity index (χ1) is 10.4. The zero-order chi connectivity index (χ0) is 17.4. The summed E-state index contributed by atoms with van der Waals surface area (Å²) in [4.78, 5) is 41.8. The van der Waals surface area contributed by atoms with Gasteiger partial charge in [-0.2, -0.15) is 0 Å². The number of carbonyl (C=O) groups is 4. The summed E-state index contributed by atoms with van der Waals surface area (Å²) in [6.45, 7) is 2.94. The van der Waals surface area contributed by atoms with Crippen LogP contribution in [0, 0.1) is 48.4 Å². The molecule has 0 radical (unpaired) electrons. The first-order valence-corrected chi connectivity index (χ1v) is 5.62. The Labute approximate surface area is 128 Å². The minimum absolute atomic E-state index is 0.212. The van der Waals surface area contributed by atoms with Crippen molar-refractivity contribution in [3.8, 4) is 48.4 Å². The van der Waals surface area contributed by atoms with Gasteiger partial charge in [0.25, 0.3) is 0 Å². The molecule has 0 aliphatic carbocycles. The molecule has 0 spiro atoms. The lowest BCUT2D eigenvalue weighted by atomic mass is 10.4. The second-order valence-electron chi connectivity index (χ2n) is 3.03. The molecule has 0 heterocycles. The van der Waals surface area contributed by atoms with Gasteiger partial charge in [0.05, 0.1) is 0 Å². The molecular formula is C16H12O6. The summed E-state index contributed by atoms with van der Waals surface area (Å²) >= 11 is 0. The molecule has 0 aromatic carbocycles. The topological polar surface area (TPSA) is 86.7 Å². The van der Waals surface area contributed by atoms with Crippen molar-refractivity contribution in [3.63, 3.8) is 0 Å². The molecule has 0 bridgehead atoms. The van der Waals surface area contributed by atoms with E-state index in [1.165, 1.54) is 13.8 Å². The maximum absolute atomic E-state index is 10.5. The predicted octanol–water partition coefficient (Wildman–Crippen LogP) is 0.206. The number of carbonyl (C=O) groups excluding carboxylic acids is 4. The van der Waals surface area contributed by atoms with E-state index in [1.807, 2.05) is 23.7 Å². The highest BCUT2D eigenvalue weighted by Crippen LogP contribution is 1.88. The van der Waals surface area contributed by atoms with Crippen LogP contribution in [0.3, 0.4) is 0 Å². The Morgan fingerprint density at radius 2 is 1.14 bits per heavy atom. The maximum atomic E-state index is 10.5. The molecule has 6 nitrogen and oxygen atoms in total. The highest BCUT2D eigenvalue weighted by Gasteiger charge is 2.06. The van der Waals surface area contributed by atoms with Gasteiger partial charge < -0.3 is 9.47 Å². The van der Waals surface area contributed by atoms with Gasteiger partial charge >= 0.3 is 23.9 Å². The summed E-state index contributed by atoms with van der Waals surface area (Å²) in [5.41, 5.74) is 0. The largest absolute Gasteiger partial charge is 0.392 e. The molecule has 0 aromatic rings. The summed E-state index contributed by atoms with van der Waals surface area (Å²) < 4.78 is 8.27. The van der Waals surface area contributed by atoms with Crippen molar-refractivity contribution in [2.75, 3.05) is 0 Å². The molecule has 0 aliphatic rings. The van der Waals surface area contributed by atoms with Crippen LogP contribution in [0.1, 0.15) is 26.7 Å². The van der Waals surface area contributed by atoms with E-state index in [-0.39, 0.29) is 12.8 Å². The van der Waals surface area contributed by atoms with Crippen molar-refractivity contribution in [3.05, 3.63) is 0 Å². The van der Waals surface area contributed by atoms with E-state index in [0.29, 0.717) is 0 Å². The van der Waals surface area contributed by atoms with Gasteiger partial charge in [0.15, 0.2) is 0 Å². The van der Waals surface area contributed by atoms with Crippen molar-refractivity contribution in [1.82, 2.24) is 0 Å². The molecular weight excluding hydrogens is 288 g/mol. The maximum Gasteiger partial charge on any atom is 0.392 e. The van der Waals surface area contributed by atoms with Crippen LogP contribution in [-0.4, -0.2) is 23.9 Å². The summed E-state index contributed by atoms with van der Waals surface area (Å²) in [6.07, 6.45) is 9.13. The van der Waals surface area contributed by atoms with Gasteiger partial charge in [-0.3, -0.25) is 9.59 Å². The Balaban J connectivity index is 0. The van der Waals surface area contributed by atoms with Gasteiger partial charge in [0.2, 0.25) is 0 Å². The van der Waals surface area contributed by atoms with Crippen molar-refractivity contribution >= 4 is 23.9 Å². The smallest absolute Gasteiger partial charge is 0.392 e. The highest BCUT2D eigenvalue weighted by molar-refractivity contribution is 6.01. The fourth-order valence-corrected chi connectivity index (χ4v) is 0.705. The molecule has 6 heteroatoms. The third-order valence-corrected chi connectivity index (χ3v) is 1.36. The lowest BCUT2D eigenvalue weighted by Gasteiger charge is -1.94. The average molecular weight is 300 g/mol. The monoisotopic (exact) mass is 300 g/mol. The molecule has 0 aliphatic heterocycles. The van der Waals surface area contributed by atoms with Crippen molar-refractivity contribution in [2.24, 2.45) is 0 Å². The number of hydrogen-bond donors (Lipinski definition) is 0. The van der Waals surface area contributed by atoms with Gasteiger partial charge in [-0.15, -0.1) is 12.8 Å². The standard InChI is InChI=1S/2C8H6O3/c2*1-3-5-7(9)11-8(10)6-4-2/h1-2H3;1-2H,5-6H2. The fourth-order valence-electron chi connectivity index (χ4n) is 0.705. The van der Waals surface area contributed by atoms with Crippen LogP contribution in [0.5, 0.6) is 0 Å². The van der Waals surface area contributed by atoms with E-state index >= 15 is 0 Å². The molecule has 0 unspecified atom stereocenters. The highest BCUT2D eigenvalue weighted by atomic mass is 16.6. The molecule has 0 saturated heterocycles. The summed E-state index contributed by atoms with van der Waals surface area (Å²) in [7, 11) is 0. The van der Waals surface area contributed by atoms with Gasteiger partial charge in [0.1, 0.15) is 12.8 Å². The van der Waals surface area contributed by atoms with Crippen LogP contribution in [0.25, 0.3) is 0 Å². The van der Waals surface area contributed by atoms with Crippen LogP contribution in [0.15, 0.2) is 0 Å². The quantitative estimate of drug-likeness (QED) is 0.313. The Bertz CT molecular complexity index is 579. The van der Waals surface area contributed by atoms with Crippen LogP contribution in [-0.2, 0) is 28.7 Å². The van der Waals surface area contributed by atoms with Gasteiger partial charge in [-0.05, 0) is 13.8 Å². The second kappa shape index (κ2) is 13.9. The van der Waals surface area contributed by atoms with E-state index in [1.54, 1.807) is 0 Å². The molecule has 0 fully saturated rings. The summed E-state index contributed by atoms with van der Waals surface area (Å²) in [5.74, 6) is 9.49. The number of hydrogen-bond acceptors (Lipinski definition) is 6. The Hall–Kier alpha value is -3.48. The normalized spacial score (nSPS) is 6.91. The number of esters is 4. The molecule has 22 heavy (non-hydrogen) atoms. The Kier molecular flexibility index (Phi) is 13.2. The molecule has 0 rings (SSSR count). The van der Waals surface area contributed by atoms with Crippen LogP contribution >= 0.6 is 0 Å². The first kappa shape index (κ1) is 20.8. The third kappa shape index (κ3) is 14.6. The lowest BCUT2D eigenvalue weighted by molar-refractivity contribution is -0.158. The molecule has 0 atom stereocenters. The second-order valence-corrected chi connectivity index (χ2v) is 3.03. The molecule has 0 saturated carbocycles. The van der Waals surface area contributed by atoms with E-state index in [2.05, 4.69) is 21.3 Å². The van der Waals surface area contributed by atoms with Crippen molar-refractivity contribution in [1.29, 1.82) is 0 Å². The van der Waals surface area contributed by atoms with Crippen molar-refractivity contribution in [2.45, 2.75) is 26.7 Å². The van der Waals surface area contributed by atoms with Crippen molar-refractivity contribution < 1.29 is 28.7 Å². The zero-order valence-electron chi connectivity index (χ0n) is 12.0. The van der Waals surface area contributed by atoms with Crippen LogP contribution in [0.2, 0.25) is 0 Å². The van der Waals surface area contributed by atoms with E-state index in [9.17, 15) is 19.2 Å².